The van der Waals surface area contributed by atoms with Gasteiger partial charge in [-0.25, -0.2) is 4.98 Å². The Morgan fingerprint density at radius 1 is 1.47 bits per heavy atom. The minimum Gasteiger partial charge on any atom is -0.441 e. The van der Waals surface area contributed by atoms with Crippen molar-refractivity contribution < 1.29 is 4.42 Å². The number of anilines is 1. The number of oxazole rings is 1. The highest BCUT2D eigenvalue weighted by Gasteiger charge is 2.19. The Morgan fingerprint density at radius 2 is 2.35 bits per heavy atom. The number of benzene rings is 1. The molecule has 17 heavy (non-hydrogen) atoms. The molecule has 4 nitrogen and oxygen atoms in total. The van der Waals surface area contributed by atoms with Crippen molar-refractivity contribution >= 4 is 16.8 Å². The Kier molecular flexibility index (Phi) is 2.52. The Labute approximate surface area is 101 Å². The highest BCUT2D eigenvalue weighted by Crippen LogP contribution is 2.24. The zero-order chi connectivity index (χ0) is 11.8. The van der Waals surface area contributed by atoms with Gasteiger partial charge in [0.1, 0.15) is 5.52 Å². The Morgan fingerprint density at radius 3 is 3.12 bits per heavy atom. The van der Waals surface area contributed by atoms with Gasteiger partial charge in [0.05, 0.1) is 0 Å². The number of nitrogens with one attached hydrogen (secondary N) is 1. The third kappa shape index (κ3) is 1.89. The van der Waals surface area contributed by atoms with E-state index in [1.54, 1.807) is 0 Å². The fourth-order valence-electron chi connectivity index (χ4n) is 2.43. The van der Waals surface area contributed by atoms with Crippen LogP contribution in [0.15, 0.2) is 22.6 Å². The second kappa shape index (κ2) is 4.04. The van der Waals surface area contributed by atoms with E-state index < -0.39 is 0 Å². The molecule has 0 amide bonds. The monoisotopic (exact) mass is 231 g/mol. The van der Waals surface area contributed by atoms with Gasteiger partial charge < -0.3 is 14.6 Å². The predicted octanol–water partition coefficient (Wildman–Crippen LogP) is 1.93. The molecule has 0 radical (unpaired) electrons. The van der Waals surface area contributed by atoms with Crippen molar-refractivity contribution in [2.75, 3.05) is 25.0 Å². The van der Waals surface area contributed by atoms with Crippen LogP contribution in [0.4, 0.5) is 5.69 Å². The molecular weight excluding hydrogens is 214 g/mol. The summed E-state index contributed by atoms with van der Waals surface area (Å²) in [5.41, 5.74) is 3.00. The first-order valence-electron chi connectivity index (χ1n) is 6.05. The summed E-state index contributed by atoms with van der Waals surface area (Å²) in [4.78, 5) is 6.63. The second-order valence-electron chi connectivity index (χ2n) is 4.64. The molecule has 1 saturated heterocycles. The molecular formula is C13H17N3O. The first-order chi connectivity index (χ1) is 8.24. The van der Waals surface area contributed by atoms with E-state index in [2.05, 4.69) is 34.4 Å². The minimum atomic E-state index is 0.580. The quantitative estimate of drug-likeness (QED) is 0.857. The molecule has 90 valence electrons. The van der Waals surface area contributed by atoms with E-state index in [1.165, 1.54) is 12.1 Å². The smallest absolute Gasteiger partial charge is 0.192 e. The van der Waals surface area contributed by atoms with E-state index in [4.69, 9.17) is 4.42 Å². The largest absolute Gasteiger partial charge is 0.441 e. The maximum absolute atomic E-state index is 5.57. The van der Waals surface area contributed by atoms with Gasteiger partial charge in [-0.15, -0.1) is 0 Å². The Bertz CT molecular complexity index is 528. The second-order valence-corrected chi connectivity index (χ2v) is 4.64. The van der Waals surface area contributed by atoms with E-state index in [0.717, 1.165) is 30.1 Å². The average molecular weight is 231 g/mol. The van der Waals surface area contributed by atoms with E-state index >= 15 is 0 Å². The molecule has 4 heteroatoms. The molecule has 1 aliphatic heterocycles. The van der Waals surface area contributed by atoms with Crippen LogP contribution in [0, 0.1) is 6.92 Å². The summed E-state index contributed by atoms with van der Waals surface area (Å²) >= 11 is 0. The summed E-state index contributed by atoms with van der Waals surface area (Å²) in [6, 6.07) is 6.80. The van der Waals surface area contributed by atoms with Gasteiger partial charge in [0.2, 0.25) is 0 Å². The number of fused-ring (bicyclic) bond motifs is 1. The van der Waals surface area contributed by atoms with Crippen LogP contribution in [-0.4, -0.2) is 31.2 Å². The molecule has 3 rings (SSSR count). The highest BCUT2D eigenvalue weighted by molar-refractivity contribution is 5.77. The Balaban J connectivity index is 1.93. The van der Waals surface area contributed by atoms with Crippen molar-refractivity contribution in [2.24, 2.45) is 0 Å². The van der Waals surface area contributed by atoms with Gasteiger partial charge in [-0.05, 0) is 25.1 Å². The molecule has 1 fully saturated rings. The summed E-state index contributed by atoms with van der Waals surface area (Å²) in [7, 11) is 2.14. The van der Waals surface area contributed by atoms with Crippen LogP contribution in [0.2, 0.25) is 0 Å². The molecule has 1 unspecified atom stereocenters. The van der Waals surface area contributed by atoms with Crippen LogP contribution in [-0.2, 0) is 0 Å². The fraction of sp³-hybridized carbons (Fsp3) is 0.462. The van der Waals surface area contributed by atoms with Crippen LogP contribution < -0.4 is 10.2 Å². The molecule has 1 aromatic heterocycles. The maximum atomic E-state index is 5.57. The van der Waals surface area contributed by atoms with Gasteiger partial charge in [-0.3, -0.25) is 0 Å². The number of hydrogen-bond donors (Lipinski definition) is 1. The standard InChI is InChI=1S/C13H17N3O/c1-9-15-12-4-3-10(7-13(12)17-9)16(2)11-5-6-14-8-11/h3-4,7,11,14H,5-6,8H2,1-2H3. The number of likely N-dealkylation sites (N-methyl/N-ethyl adjacent to an activating group) is 1. The molecule has 2 aromatic rings. The molecule has 0 bridgehead atoms. The summed E-state index contributed by atoms with van der Waals surface area (Å²) in [5, 5.41) is 3.39. The summed E-state index contributed by atoms with van der Waals surface area (Å²) < 4.78 is 5.57. The van der Waals surface area contributed by atoms with Crippen LogP contribution in [0.5, 0.6) is 0 Å². The molecule has 1 atom stereocenters. The molecule has 1 N–H and O–H groups in total. The fourth-order valence-corrected chi connectivity index (χ4v) is 2.43. The van der Waals surface area contributed by atoms with Gasteiger partial charge in [-0.1, -0.05) is 0 Å². The Hall–Kier alpha value is -1.55. The first-order valence-corrected chi connectivity index (χ1v) is 6.05. The van der Waals surface area contributed by atoms with Crippen molar-refractivity contribution in [3.8, 4) is 0 Å². The van der Waals surface area contributed by atoms with E-state index in [1.807, 2.05) is 13.0 Å². The normalized spacial score (nSPS) is 20.0. The highest BCUT2D eigenvalue weighted by atomic mass is 16.3. The minimum absolute atomic E-state index is 0.580. The van der Waals surface area contributed by atoms with Gasteiger partial charge >= 0.3 is 0 Å². The molecule has 0 aliphatic carbocycles. The van der Waals surface area contributed by atoms with Crippen molar-refractivity contribution in [3.05, 3.63) is 24.1 Å². The van der Waals surface area contributed by atoms with Crippen molar-refractivity contribution in [3.63, 3.8) is 0 Å². The third-order valence-electron chi connectivity index (χ3n) is 3.47. The predicted molar refractivity (Wildman–Crippen MR) is 68.4 cm³/mol. The van der Waals surface area contributed by atoms with Crippen LogP contribution in [0.3, 0.4) is 0 Å². The van der Waals surface area contributed by atoms with Crippen molar-refractivity contribution in [1.82, 2.24) is 10.3 Å². The van der Waals surface area contributed by atoms with Crippen LogP contribution >= 0.6 is 0 Å². The van der Waals surface area contributed by atoms with Crippen molar-refractivity contribution in [1.29, 1.82) is 0 Å². The van der Waals surface area contributed by atoms with Crippen molar-refractivity contribution in [2.45, 2.75) is 19.4 Å². The van der Waals surface area contributed by atoms with Gasteiger partial charge in [-0.2, -0.15) is 0 Å². The lowest BCUT2D eigenvalue weighted by Crippen LogP contribution is -2.33. The third-order valence-corrected chi connectivity index (χ3v) is 3.47. The molecule has 2 heterocycles. The number of aromatic nitrogens is 1. The number of rotatable bonds is 2. The molecule has 1 aromatic carbocycles. The summed E-state index contributed by atoms with van der Waals surface area (Å²) in [6.07, 6.45) is 1.20. The number of aryl methyl sites for hydroxylation is 1. The van der Waals surface area contributed by atoms with E-state index in [-0.39, 0.29) is 0 Å². The summed E-state index contributed by atoms with van der Waals surface area (Å²) in [5.74, 6) is 0.724. The lowest BCUT2D eigenvalue weighted by molar-refractivity contribution is 0.561. The van der Waals surface area contributed by atoms with E-state index in [9.17, 15) is 0 Å². The topological polar surface area (TPSA) is 41.3 Å². The van der Waals surface area contributed by atoms with Gasteiger partial charge in [0.15, 0.2) is 11.5 Å². The average Bonchev–Trinajstić information content (AvgIpc) is 2.94. The summed E-state index contributed by atoms with van der Waals surface area (Å²) in [6.45, 7) is 4.05. The maximum Gasteiger partial charge on any atom is 0.192 e. The zero-order valence-corrected chi connectivity index (χ0v) is 10.2. The zero-order valence-electron chi connectivity index (χ0n) is 10.2. The van der Waals surface area contributed by atoms with Gasteiger partial charge in [0.25, 0.3) is 0 Å². The van der Waals surface area contributed by atoms with Crippen LogP contribution in [0.1, 0.15) is 12.3 Å². The lowest BCUT2D eigenvalue weighted by atomic mass is 10.2. The first kappa shape index (κ1) is 10.6. The number of hydrogen-bond acceptors (Lipinski definition) is 4. The van der Waals surface area contributed by atoms with Crippen LogP contribution in [0.25, 0.3) is 11.1 Å². The SMILES string of the molecule is Cc1nc2ccc(N(C)C3CCNC3)cc2o1. The number of nitrogens with zero attached hydrogens (tertiary/aromatic N) is 2. The molecule has 0 spiro atoms. The molecule has 0 saturated carbocycles. The molecule has 1 aliphatic rings. The lowest BCUT2D eigenvalue weighted by Gasteiger charge is -2.25. The van der Waals surface area contributed by atoms with Gasteiger partial charge in [0, 0.05) is 38.3 Å². The van der Waals surface area contributed by atoms with E-state index in [0.29, 0.717) is 6.04 Å².